The lowest BCUT2D eigenvalue weighted by molar-refractivity contribution is -0.105. The second-order valence-corrected chi connectivity index (χ2v) is 7.59. The van der Waals surface area contributed by atoms with Gasteiger partial charge in [0.1, 0.15) is 11.4 Å². The van der Waals surface area contributed by atoms with E-state index in [1.807, 2.05) is 45.2 Å². The van der Waals surface area contributed by atoms with Crippen LogP contribution in [0.25, 0.3) is 21.9 Å². The Morgan fingerprint density at radius 1 is 1.21 bits per heavy atom. The minimum Gasteiger partial charge on any atom is -0.444 e. The summed E-state index contributed by atoms with van der Waals surface area (Å²) in [7, 11) is 0. The van der Waals surface area contributed by atoms with Crippen molar-refractivity contribution >= 4 is 34.8 Å². The van der Waals surface area contributed by atoms with Gasteiger partial charge in [-0.05, 0) is 68.0 Å². The normalized spacial score (nSPS) is 11.2. The van der Waals surface area contributed by atoms with E-state index < -0.39 is 11.7 Å². The van der Waals surface area contributed by atoms with Crippen LogP contribution in [0.1, 0.15) is 33.3 Å². The van der Waals surface area contributed by atoms with Crippen LogP contribution < -0.4 is 10.6 Å². The Kier molecular flexibility index (Phi) is 5.77. The third-order valence-corrected chi connectivity index (χ3v) is 4.28. The highest BCUT2D eigenvalue weighted by atomic mass is 16.6. The zero-order chi connectivity index (χ0) is 21.0. The predicted octanol–water partition coefficient (Wildman–Crippen LogP) is 4.77. The summed E-state index contributed by atoms with van der Waals surface area (Å²) < 4.78 is 5.40. The van der Waals surface area contributed by atoms with Crippen molar-refractivity contribution in [3.8, 4) is 11.1 Å². The van der Waals surface area contributed by atoms with Gasteiger partial charge < -0.3 is 10.1 Å². The highest BCUT2D eigenvalue weighted by molar-refractivity contribution is 6.03. The summed E-state index contributed by atoms with van der Waals surface area (Å²) >= 11 is 0. The number of aryl methyl sites for hydroxylation is 1. The van der Waals surface area contributed by atoms with Crippen molar-refractivity contribution < 1.29 is 14.3 Å². The number of nitrogens with one attached hydrogen (secondary N) is 2. The zero-order valence-electron chi connectivity index (χ0n) is 16.9. The summed E-state index contributed by atoms with van der Waals surface area (Å²) in [5.74, 6) is 0.426. The lowest BCUT2D eigenvalue weighted by Gasteiger charge is -2.20. The van der Waals surface area contributed by atoms with Crippen molar-refractivity contribution in [2.75, 3.05) is 10.6 Å². The Labute approximate surface area is 169 Å². The van der Waals surface area contributed by atoms with E-state index in [4.69, 9.17) is 4.74 Å². The van der Waals surface area contributed by atoms with E-state index in [0.29, 0.717) is 17.9 Å². The maximum absolute atomic E-state index is 12.4. The van der Waals surface area contributed by atoms with Crippen molar-refractivity contribution in [1.82, 2.24) is 9.97 Å². The van der Waals surface area contributed by atoms with Crippen LogP contribution >= 0.6 is 0 Å². The number of ether oxygens (including phenoxy) is 1. The number of hydrogen-bond acceptors (Lipinski definition) is 5. The monoisotopic (exact) mass is 392 g/mol. The molecule has 3 aromatic rings. The zero-order valence-corrected chi connectivity index (χ0v) is 16.9. The third kappa shape index (κ3) is 4.87. The molecule has 2 aromatic heterocycles. The molecule has 0 fully saturated rings. The van der Waals surface area contributed by atoms with Gasteiger partial charge in [0.25, 0.3) is 0 Å². The van der Waals surface area contributed by atoms with Crippen molar-refractivity contribution in [3.05, 3.63) is 48.4 Å². The van der Waals surface area contributed by atoms with Gasteiger partial charge in [0.05, 0.1) is 5.69 Å². The molecule has 0 atom stereocenters. The average Bonchev–Trinajstić information content (AvgIpc) is 2.66. The van der Waals surface area contributed by atoms with Crippen molar-refractivity contribution in [2.24, 2.45) is 0 Å². The van der Waals surface area contributed by atoms with Gasteiger partial charge in [0, 0.05) is 29.5 Å². The highest BCUT2D eigenvalue weighted by Crippen LogP contribution is 2.33. The van der Waals surface area contributed by atoms with Crippen LogP contribution in [0.5, 0.6) is 0 Å². The summed E-state index contributed by atoms with van der Waals surface area (Å²) in [4.78, 5) is 31.7. The van der Waals surface area contributed by atoms with Crippen LogP contribution in [0, 0.1) is 0 Å². The standard InChI is InChI=1S/C22H24N4O3/c1-5-14-6-7-23-11-17(14)15-8-16-10-20(25-13-27)24-12-18(16)19(9-15)26-21(28)29-22(2,3)4/h6-13H,5H2,1-4H3,(H,26,28)(H,24,25,27). The Bertz CT molecular complexity index is 1060. The van der Waals surface area contributed by atoms with E-state index in [1.165, 1.54) is 0 Å². The largest absolute Gasteiger partial charge is 0.444 e. The fourth-order valence-corrected chi connectivity index (χ4v) is 3.06. The summed E-state index contributed by atoms with van der Waals surface area (Å²) in [6.07, 6.45) is 6.06. The lowest BCUT2D eigenvalue weighted by atomic mass is 9.97. The fourth-order valence-electron chi connectivity index (χ4n) is 3.06. The molecule has 1 aromatic carbocycles. The Morgan fingerprint density at radius 2 is 2.00 bits per heavy atom. The van der Waals surface area contributed by atoms with Crippen LogP contribution in [-0.4, -0.2) is 28.1 Å². The van der Waals surface area contributed by atoms with Crippen LogP contribution in [0.3, 0.4) is 0 Å². The van der Waals surface area contributed by atoms with Crippen molar-refractivity contribution in [2.45, 2.75) is 39.7 Å². The van der Waals surface area contributed by atoms with Crippen molar-refractivity contribution in [3.63, 3.8) is 0 Å². The number of rotatable bonds is 5. The lowest BCUT2D eigenvalue weighted by Crippen LogP contribution is -2.27. The number of amides is 2. The molecule has 2 N–H and O–H groups in total. The molecule has 3 rings (SSSR count). The molecule has 7 heteroatoms. The Morgan fingerprint density at radius 3 is 2.69 bits per heavy atom. The summed E-state index contributed by atoms with van der Waals surface area (Å²) in [6, 6.07) is 7.61. The van der Waals surface area contributed by atoms with Gasteiger partial charge in [-0.15, -0.1) is 0 Å². The van der Waals surface area contributed by atoms with Gasteiger partial charge in [0.15, 0.2) is 0 Å². The minimum atomic E-state index is -0.616. The molecule has 0 saturated heterocycles. The smallest absolute Gasteiger partial charge is 0.412 e. The van der Waals surface area contributed by atoms with Crippen molar-refractivity contribution in [1.29, 1.82) is 0 Å². The summed E-state index contributed by atoms with van der Waals surface area (Å²) in [6.45, 7) is 7.51. The van der Waals surface area contributed by atoms with E-state index in [0.717, 1.165) is 33.9 Å². The van der Waals surface area contributed by atoms with Gasteiger partial charge >= 0.3 is 6.09 Å². The van der Waals surface area contributed by atoms with Crippen LogP contribution in [0.15, 0.2) is 42.9 Å². The Balaban J connectivity index is 2.14. The number of benzene rings is 1. The first-order valence-corrected chi connectivity index (χ1v) is 9.38. The van der Waals surface area contributed by atoms with E-state index in [2.05, 4.69) is 27.5 Å². The number of anilines is 2. The number of carbonyl (C=O) groups excluding carboxylic acids is 2. The Hall–Kier alpha value is -3.48. The first-order chi connectivity index (χ1) is 13.8. The minimum absolute atomic E-state index is 0.426. The van der Waals surface area contributed by atoms with Crippen LogP contribution in [0.4, 0.5) is 16.3 Å². The van der Waals surface area contributed by atoms with E-state index in [9.17, 15) is 9.59 Å². The molecule has 0 aliphatic rings. The molecule has 0 spiro atoms. The predicted molar refractivity (Wildman–Crippen MR) is 114 cm³/mol. The van der Waals surface area contributed by atoms with Gasteiger partial charge in [-0.1, -0.05) is 6.92 Å². The molecule has 0 aliphatic carbocycles. The maximum atomic E-state index is 12.4. The van der Waals surface area contributed by atoms with Gasteiger partial charge in [-0.25, -0.2) is 9.78 Å². The van der Waals surface area contributed by atoms with E-state index in [1.54, 1.807) is 18.5 Å². The average molecular weight is 392 g/mol. The SMILES string of the molecule is CCc1ccncc1-c1cc(NC(=O)OC(C)(C)C)c2cnc(NC=O)cc2c1. The van der Waals surface area contributed by atoms with Gasteiger partial charge in [0.2, 0.25) is 6.41 Å². The quantitative estimate of drug-likeness (QED) is 0.610. The number of fused-ring (bicyclic) bond motifs is 1. The summed E-state index contributed by atoms with van der Waals surface area (Å²) in [5, 5.41) is 6.94. The topological polar surface area (TPSA) is 93.2 Å². The number of nitrogens with zero attached hydrogens (tertiary/aromatic N) is 2. The molecule has 0 unspecified atom stereocenters. The number of carbonyl (C=O) groups is 2. The highest BCUT2D eigenvalue weighted by Gasteiger charge is 2.18. The molecule has 0 radical (unpaired) electrons. The molecule has 7 nitrogen and oxygen atoms in total. The molecule has 0 bridgehead atoms. The van der Waals surface area contributed by atoms with E-state index >= 15 is 0 Å². The number of pyridine rings is 2. The molecule has 2 heterocycles. The maximum Gasteiger partial charge on any atom is 0.412 e. The fraction of sp³-hybridized carbons (Fsp3) is 0.273. The van der Waals surface area contributed by atoms with Gasteiger partial charge in [-0.2, -0.15) is 0 Å². The molecule has 29 heavy (non-hydrogen) atoms. The van der Waals surface area contributed by atoms with Gasteiger partial charge in [-0.3, -0.25) is 15.1 Å². The van der Waals surface area contributed by atoms with E-state index in [-0.39, 0.29) is 0 Å². The first kappa shape index (κ1) is 20.3. The third-order valence-electron chi connectivity index (χ3n) is 4.28. The van der Waals surface area contributed by atoms with Crippen LogP contribution in [0.2, 0.25) is 0 Å². The molecule has 0 saturated carbocycles. The number of hydrogen-bond donors (Lipinski definition) is 2. The second-order valence-electron chi connectivity index (χ2n) is 7.59. The summed E-state index contributed by atoms with van der Waals surface area (Å²) in [5.41, 5.74) is 2.98. The molecule has 150 valence electrons. The van der Waals surface area contributed by atoms with Crippen LogP contribution in [-0.2, 0) is 16.0 Å². The molecule has 0 aliphatic heterocycles. The second kappa shape index (κ2) is 8.26. The molecule has 2 amide bonds. The number of aromatic nitrogens is 2. The molecular formula is C22H24N4O3. The molecular weight excluding hydrogens is 368 g/mol. The first-order valence-electron chi connectivity index (χ1n) is 9.38.